The highest BCUT2D eigenvalue weighted by molar-refractivity contribution is 7.90. The largest absolute Gasteiger partial charge is 0.598 e. The molecule has 1 saturated heterocycles. The van der Waals surface area contributed by atoms with Crippen molar-refractivity contribution in [3.05, 3.63) is 0 Å². The maximum atomic E-state index is 12.3. The second-order valence-corrected chi connectivity index (χ2v) is 10.8. The molecule has 1 aliphatic heterocycles. The monoisotopic (exact) mass is 346 g/mol. The van der Waals surface area contributed by atoms with Crippen LogP contribution in [0.3, 0.4) is 0 Å². The Morgan fingerprint density at radius 2 is 1.70 bits per heavy atom. The predicted octanol–water partition coefficient (Wildman–Crippen LogP) is 3.46. The molecule has 0 aliphatic carbocycles. The Bertz CT molecular complexity index is 407. The number of likely N-dealkylation sites (tertiary alicyclic amines) is 1. The molecule has 0 radical (unpaired) electrons. The average molecular weight is 347 g/mol. The van der Waals surface area contributed by atoms with E-state index in [-0.39, 0.29) is 22.3 Å². The third kappa shape index (κ3) is 6.16. The zero-order chi connectivity index (χ0) is 18.1. The van der Waals surface area contributed by atoms with Gasteiger partial charge in [-0.1, -0.05) is 6.92 Å². The minimum atomic E-state index is -1.08. The Balaban J connectivity index is 2.57. The van der Waals surface area contributed by atoms with Crippen LogP contribution in [-0.4, -0.2) is 45.0 Å². The molecule has 1 fully saturated rings. The number of hydrogen-bond acceptors (Lipinski definition) is 4. The van der Waals surface area contributed by atoms with E-state index in [0.29, 0.717) is 13.1 Å². The van der Waals surface area contributed by atoms with Gasteiger partial charge in [-0.25, -0.2) is 4.79 Å². The van der Waals surface area contributed by atoms with E-state index in [9.17, 15) is 9.35 Å². The normalized spacial score (nSPS) is 21.7. The summed E-state index contributed by atoms with van der Waals surface area (Å²) in [7, 11) is 0. The van der Waals surface area contributed by atoms with Crippen molar-refractivity contribution >= 4 is 17.5 Å². The molecule has 0 saturated carbocycles. The zero-order valence-corrected chi connectivity index (χ0v) is 16.8. The fourth-order valence-electron chi connectivity index (χ4n) is 2.44. The van der Waals surface area contributed by atoms with Crippen molar-refractivity contribution in [2.75, 3.05) is 13.1 Å². The molecule has 0 bridgehead atoms. The molecule has 0 aromatic carbocycles. The SMILES string of the molecule is C[C@@H](N[S@+]([O-])C(C)(C)C)C1(C)CCN(C(=O)OC(C)(C)C)CC1. The molecule has 1 heterocycles. The molecule has 0 spiro atoms. The smallest absolute Gasteiger partial charge is 0.410 e. The molecule has 2 atom stereocenters. The number of nitrogens with one attached hydrogen (secondary N) is 1. The molecule has 23 heavy (non-hydrogen) atoms. The first kappa shape index (κ1) is 20.6. The Labute approximate surface area is 144 Å². The lowest BCUT2D eigenvalue weighted by atomic mass is 9.75. The summed E-state index contributed by atoms with van der Waals surface area (Å²) in [5, 5.41) is 0. The predicted molar refractivity (Wildman–Crippen MR) is 95.6 cm³/mol. The van der Waals surface area contributed by atoms with E-state index in [1.165, 1.54) is 0 Å². The summed E-state index contributed by atoms with van der Waals surface area (Å²) < 4.78 is 20.7. The quantitative estimate of drug-likeness (QED) is 0.795. The van der Waals surface area contributed by atoms with Gasteiger partial charge in [0.25, 0.3) is 0 Å². The molecule has 136 valence electrons. The first-order valence-electron chi connectivity index (χ1n) is 8.41. The number of hydrogen-bond donors (Lipinski definition) is 1. The van der Waals surface area contributed by atoms with Crippen LogP contribution in [0.1, 0.15) is 68.2 Å². The summed E-state index contributed by atoms with van der Waals surface area (Å²) in [6.45, 7) is 17.2. The van der Waals surface area contributed by atoms with Crippen LogP contribution in [-0.2, 0) is 16.1 Å². The zero-order valence-electron chi connectivity index (χ0n) is 16.0. The van der Waals surface area contributed by atoms with E-state index in [2.05, 4.69) is 18.6 Å². The summed E-state index contributed by atoms with van der Waals surface area (Å²) in [4.78, 5) is 13.9. The molecule has 6 heteroatoms. The van der Waals surface area contributed by atoms with Gasteiger partial charge < -0.3 is 14.2 Å². The number of amides is 1. The van der Waals surface area contributed by atoms with Crippen molar-refractivity contribution in [3.8, 4) is 0 Å². The Hall–Kier alpha value is -0.460. The average Bonchev–Trinajstić information content (AvgIpc) is 2.36. The fraction of sp³-hybridized carbons (Fsp3) is 0.941. The van der Waals surface area contributed by atoms with Crippen LogP contribution in [0.2, 0.25) is 0 Å². The van der Waals surface area contributed by atoms with Crippen LogP contribution in [0.25, 0.3) is 0 Å². The van der Waals surface area contributed by atoms with E-state index in [1.807, 2.05) is 41.5 Å². The van der Waals surface area contributed by atoms with Gasteiger partial charge in [0, 0.05) is 24.5 Å². The van der Waals surface area contributed by atoms with Crippen LogP contribution in [0.4, 0.5) is 4.79 Å². The number of carbonyl (C=O) groups excluding carboxylic acids is 1. The lowest BCUT2D eigenvalue weighted by Gasteiger charge is -2.43. The number of nitrogens with zero attached hydrogens (tertiary/aromatic N) is 1. The molecular formula is C17H34N2O3S. The molecule has 1 rings (SSSR count). The molecule has 1 amide bonds. The first-order valence-corrected chi connectivity index (χ1v) is 9.55. The van der Waals surface area contributed by atoms with Gasteiger partial charge in [-0.15, -0.1) is 4.72 Å². The topological polar surface area (TPSA) is 64.6 Å². The first-order chi connectivity index (χ1) is 10.2. The highest BCUT2D eigenvalue weighted by Gasteiger charge is 2.40. The van der Waals surface area contributed by atoms with Crippen molar-refractivity contribution < 1.29 is 14.1 Å². The van der Waals surface area contributed by atoms with Crippen molar-refractivity contribution in [3.63, 3.8) is 0 Å². The van der Waals surface area contributed by atoms with Gasteiger partial charge in [-0.05, 0) is 66.7 Å². The number of rotatable bonds is 3. The van der Waals surface area contributed by atoms with Crippen molar-refractivity contribution in [2.45, 2.75) is 84.6 Å². The van der Waals surface area contributed by atoms with Gasteiger partial charge in [-0.2, -0.15) is 0 Å². The van der Waals surface area contributed by atoms with Gasteiger partial charge in [-0.3, -0.25) is 0 Å². The van der Waals surface area contributed by atoms with Gasteiger partial charge in [0.1, 0.15) is 10.3 Å². The van der Waals surface area contributed by atoms with Crippen LogP contribution < -0.4 is 4.72 Å². The molecular weight excluding hydrogens is 312 g/mol. The van der Waals surface area contributed by atoms with E-state index >= 15 is 0 Å². The van der Waals surface area contributed by atoms with E-state index in [0.717, 1.165) is 12.8 Å². The minimum absolute atomic E-state index is 0.0272. The second-order valence-electron chi connectivity index (χ2n) is 8.84. The molecule has 0 aromatic rings. The molecule has 0 aromatic heterocycles. The molecule has 0 unspecified atom stereocenters. The third-order valence-corrected chi connectivity index (χ3v) is 6.12. The Morgan fingerprint density at radius 3 is 2.09 bits per heavy atom. The highest BCUT2D eigenvalue weighted by atomic mass is 32.2. The van der Waals surface area contributed by atoms with E-state index in [1.54, 1.807) is 4.90 Å². The number of ether oxygens (including phenoxy) is 1. The summed E-state index contributed by atoms with van der Waals surface area (Å²) in [6.07, 6.45) is 1.52. The van der Waals surface area contributed by atoms with Crippen LogP contribution in [0, 0.1) is 5.41 Å². The molecule has 1 aliphatic rings. The maximum absolute atomic E-state index is 12.3. The molecule has 5 nitrogen and oxygen atoms in total. The van der Waals surface area contributed by atoms with Crippen LogP contribution >= 0.6 is 0 Å². The maximum Gasteiger partial charge on any atom is 0.410 e. The van der Waals surface area contributed by atoms with Gasteiger partial charge in [0.2, 0.25) is 0 Å². The number of piperidine rings is 1. The Morgan fingerprint density at radius 1 is 1.22 bits per heavy atom. The number of carbonyl (C=O) groups is 1. The lowest BCUT2D eigenvalue weighted by Crippen LogP contribution is -2.54. The Kier molecular flexibility index (Phi) is 6.44. The summed E-state index contributed by atoms with van der Waals surface area (Å²) in [5.41, 5.74) is -0.435. The van der Waals surface area contributed by atoms with Gasteiger partial charge in [0.05, 0.1) is 6.04 Å². The van der Waals surface area contributed by atoms with Crippen LogP contribution in [0.5, 0.6) is 0 Å². The highest BCUT2D eigenvalue weighted by Crippen LogP contribution is 2.35. The molecule has 1 N–H and O–H groups in total. The summed E-state index contributed by atoms with van der Waals surface area (Å²) in [6, 6.07) is 0.128. The van der Waals surface area contributed by atoms with Gasteiger partial charge in [0.15, 0.2) is 0 Å². The second kappa shape index (κ2) is 7.19. The minimum Gasteiger partial charge on any atom is -0.598 e. The van der Waals surface area contributed by atoms with Crippen molar-refractivity contribution in [1.82, 2.24) is 9.62 Å². The third-order valence-electron chi connectivity index (χ3n) is 4.44. The van der Waals surface area contributed by atoms with E-state index < -0.39 is 17.0 Å². The van der Waals surface area contributed by atoms with Gasteiger partial charge >= 0.3 is 6.09 Å². The summed E-state index contributed by atoms with van der Waals surface area (Å²) in [5.74, 6) is 0. The van der Waals surface area contributed by atoms with Crippen molar-refractivity contribution in [2.24, 2.45) is 5.41 Å². The van der Waals surface area contributed by atoms with Crippen LogP contribution in [0.15, 0.2) is 0 Å². The van der Waals surface area contributed by atoms with Crippen molar-refractivity contribution in [1.29, 1.82) is 0 Å². The van der Waals surface area contributed by atoms with E-state index in [4.69, 9.17) is 4.74 Å². The standard InChI is InChI=1S/C17H34N2O3S/c1-13(18-23(21)16(5,6)7)17(8)9-11-19(12-10-17)14(20)22-15(2,3)4/h13,18H,9-12H2,1-8H3/t13-,23-/m1/s1. The fourth-order valence-corrected chi connectivity index (χ4v) is 3.40. The summed E-state index contributed by atoms with van der Waals surface area (Å²) >= 11 is -1.08. The lowest BCUT2D eigenvalue weighted by molar-refractivity contribution is 0.00900.